The van der Waals surface area contributed by atoms with E-state index in [2.05, 4.69) is 5.32 Å². The van der Waals surface area contributed by atoms with Gasteiger partial charge in [-0.15, -0.1) is 0 Å². The lowest BCUT2D eigenvalue weighted by Gasteiger charge is -2.06. The second-order valence-electron chi connectivity index (χ2n) is 3.12. The van der Waals surface area contributed by atoms with Crippen molar-refractivity contribution in [2.45, 2.75) is 6.92 Å². The first-order valence-corrected chi connectivity index (χ1v) is 4.50. The molecule has 1 aromatic carbocycles. The number of rotatable bonds is 3. The Balaban J connectivity index is 3.06. The number of nitrogens with one attached hydrogen (secondary N) is 1. The van der Waals surface area contributed by atoms with E-state index in [4.69, 9.17) is 5.11 Å². The lowest BCUT2D eigenvalue weighted by Crippen LogP contribution is -2.06. The average Bonchev–Trinajstić information content (AvgIpc) is 2.15. The molecule has 0 radical (unpaired) electrons. The molecule has 0 bridgehead atoms. The Bertz CT molecular complexity index is 451. The first kappa shape index (κ1) is 11.8. The summed E-state index contributed by atoms with van der Waals surface area (Å²) in [6, 6.07) is 4.27. The van der Waals surface area contributed by atoms with Crippen molar-refractivity contribution in [3.63, 3.8) is 0 Å². The van der Waals surface area contributed by atoms with E-state index >= 15 is 0 Å². The zero-order chi connectivity index (χ0) is 12.1. The lowest BCUT2D eigenvalue weighted by molar-refractivity contribution is -0.131. The number of carbonyl (C=O) groups excluding carboxylic acids is 1. The third-order valence-electron chi connectivity index (χ3n) is 1.75. The number of carboxylic acids is 1. The Hall–Kier alpha value is -2.30. The van der Waals surface area contributed by atoms with E-state index < -0.39 is 5.97 Å². The first-order valence-electron chi connectivity index (χ1n) is 4.50. The number of aliphatic carboxylic acids is 1. The van der Waals surface area contributed by atoms with Crippen LogP contribution in [-0.4, -0.2) is 22.1 Å². The highest BCUT2D eigenvalue weighted by atomic mass is 16.4. The van der Waals surface area contributed by atoms with Crippen molar-refractivity contribution in [3.8, 4) is 5.75 Å². The van der Waals surface area contributed by atoms with Crippen LogP contribution in [0.3, 0.4) is 0 Å². The zero-order valence-electron chi connectivity index (χ0n) is 8.60. The van der Waals surface area contributed by atoms with E-state index in [9.17, 15) is 14.7 Å². The topological polar surface area (TPSA) is 86.6 Å². The highest BCUT2D eigenvalue weighted by molar-refractivity contribution is 5.93. The number of carbonyl (C=O) groups is 2. The fourth-order valence-electron chi connectivity index (χ4n) is 1.15. The maximum atomic E-state index is 10.9. The lowest BCUT2D eigenvalue weighted by atomic mass is 10.1. The summed E-state index contributed by atoms with van der Waals surface area (Å²) >= 11 is 0. The molecule has 0 aromatic heterocycles. The van der Waals surface area contributed by atoms with Crippen LogP contribution < -0.4 is 5.32 Å². The van der Waals surface area contributed by atoms with Crippen molar-refractivity contribution in [2.75, 3.05) is 5.32 Å². The molecule has 0 fully saturated rings. The molecule has 0 saturated carbocycles. The largest absolute Gasteiger partial charge is 0.508 e. The van der Waals surface area contributed by atoms with Crippen LogP contribution in [-0.2, 0) is 9.59 Å². The first-order chi connectivity index (χ1) is 7.49. The van der Waals surface area contributed by atoms with Crippen LogP contribution in [0.25, 0.3) is 6.08 Å². The fraction of sp³-hybridized carbons (Fsp3) is 0.0909. The Morgan fingerprint density at radius 1 is 1.38 bits per heavy atom. The van der Waals surface area contributed by atoms with Gasteiger partial charge in [0, 0.05) is 19.1 Å². The number of carboxylic acid groups (broad SMARTS) is 1. The van der Waals surface area contributed by atoms with Gasteiger partial charge >= 0.3 is 5.97 Å². The summed E-state index contributed by atoms with van der Waals surface area (Å²) in [5.74, 6) is -1.38. The molecule has 3 N–H and O–H groups in total. The smallest absolute Gasteiger partial charge is 0.328 e. The van der Waals surface area contributed by atoms with E-state index in [1.54, 1.807) is 0 Å². The maximum absolute atomic E-state index is 10.9. The van der Waals surface area contributed by atoms with Gasteiger partial charge < -0.3 is 15.5 Å². The number of phenolic OH excluding ortho intramolecular Hbond substituents is 1. The summed E-state index contributed by atoms with van der Waals surface area (Å²) in [4.78, 5) is 21.2. The summed E-state index contributed by atoms with van der Waals surface area (Å²) in [7, 11) is 0. The predicted octanol–water partition coefficient (Wildman–Crippen LogP) is 1.45. The van der Waals surface area contributed by atoms with Gasteiger partial charge in [-0.3, -0.25) is 4.79 Å². The summed E-state index contributed by atoms with van der Waals surface area (Å²) in [5.41, 5.74) is 0.875. The fourth-order valence-corrected chi connectivity index (χ4v) is 1.15. The van der Waals surface area contributed by atoms with Crippen LogP contribution in [0.1, 0.15) is 12.5 Å². The third-order valence-corrected chi connectivity index (χ3v) is 1.75. The number of phenols is 1. The molecule has 5 nitrogen and oxygen atoms in total. The number of hydrogen-bond donors (Lipinski definition) is 3. The molecule has 1 aromatic rings. The SMILES string of the molecule is CC(=O)Nc1cc(O)ccc1/C=C/C(=O)O. The van der Waals surface area contributed by atoms with Gasteiger partial charge in [-0.05, 0) is 23.8 Å². The number of benzene rings is 1. The number of amides is 1. The second kappa shape index (κ2) is 4.97. The van der Waals surface area contributed by atoms with Crippen molar-refractivity contribution >= 4 is 23.6 Å². The molecule has 1 rings (SSSR count). The molecule has 0 aliphatic rings. The van der Waals surface area contributed by atoms with Crippen LogP contribution in [0, 0.1) is 0 Å². The van der Waals surface area contributed by atoms with Gasteiger partial charge in [-0.1, -0.05) is 0 Å². The third kappa shape index (κ3) is 3.45. The average molecular weight is 221 g/mol. The molecule has 0 aliphatic carbocycles. The second-order valence-corrected chi connectivity index (χ2v) is 3.12. The number of hydrogen-bond acceptors (Lipinski definition) is 3. The molecule has 0 spiro atoms. The van der Waals surface area contributed by atoms with Crippen molar-refractivity contribution in [3.05, 3.63) is 29.8 Å². The molecule has 0 heterocycles. The summed E-state index contributed by atoms with van der Waals surface area (Å²) < 4.78 is 0. The summed E-state index contributed by atoms with van der Waals surface area (Å²) in [6.45, 7) is 1.33. The molecular weight excluding hydrogens is 210 g/mol. The monoisotopic (exact) mass is 221 g/mol. The highest BCUT2D eigenvalue weighted by Gasteiger charge is 2.03. The van der Waals surface area contributed by atoms with Crippen LogP contribution in [0.2, 0.25) is 0 Å². The van der Waals surface area contributed by atoms with E-state index in [1.165, 1.54) is 31.2 Å². The summed E-state index contributed by atoms with van der Waals surface area (Å²) in [5, 5.41) is 20.2. The molecule has 84 valence electrons. The van der Waals surface area contributed by atoms with E-state index in [1.807, 2.05) is 0 Å². The molecule has 16 heavy (non-hydrogen) atoms. The molecule has 1 amide bonds. The van der Waals surface area contributed by atoms with E-state index in [0.29, 0.717) is 11.3 Å². The van der Waals surface area contributed by atoms with E-state index in [-0.39, 0.29) is 11.7 Å². The van der Waals surface area contributed by atoms with Gasteiger partial charge in [0.2, 0.25) is 5.91 Å². The number of aromatic hydroxyl groups is 1. The Morgan fingerprint density at radius 3 is 2.62 bits per heavy atom. The van der Waals surface area contributed by atoms with Gasteiger partial charge in [-0.2, -0.15) is 0 Å². The maximum Gasteiger partial charge on any atom is 0.328 e. The predicted molar refractivity (Wildman–Crippen MR) is 59.1 cm³/mol. The zero-order valence-corrected chi connectivity index (χ0v) is 8.60. The highest BCUT2D eigenvalue weighted by Crippen LogP contribution is 2.22. The Morgan fingerprint density at radius 2 is 2.06 bits per heavy atom. The standard InChI is InChI=1S/C11H11NO4/c1-7(13)12-10-6-9(14)4-2-8(10)3-5-11(15)16/h2-6,14H,1H3,(H,12,13)(H,15,16)/b5-3+. The quantitative estimate of drug-likeness (QED) is 0.674. The molecule has 5 heteroatoms. The normalized spacial score (nSPS) is 10.3. The Kier molecular flexibility index (Phi) is 3.66. The van der Waals surface area contributed by atoms with Crippen molar-refractivity contribution in [2.24, 2.45) is 0 Å². The molecule has 0 aliphatic heterocycles. The molecule has 0 atom stereocenters. The van der Waals surface area contributed by atoms with Gasteiger partial charge in [-0.25, -0.2) is 4.79 Å². The van der Waals surface area contributed by atoms with Gasteiger partial charge in [0.15, 0.2) is 0 Å². The van der Waals surface area contributed by atoms with Crippen LogP contribution in [0.15, 0.2) is 24.3 Å². The van der Waals surface area contributed by atoms with Crippen molar-refractivity contribution in [1.29, 1.82) is 0 Å². The minimum Gasteiger partial charge on any atom is -0.508 e. The van der Waals surface area contributed by atoms with Gasteiger partial charge in [0.1, 0.15) is 5.75 Å². The van der Waals surface area contributed by atoms with Crippen molar-refractivity contribution < 1.29 is 19.8 Å². The minimum absolute atomic E-state index is 0.00350. The molecule has 0 saturated heterocycles. The van der Waals surface area contributed by atoms with Gasteiger partial charge in [0.25, 0.3) is 0 Å². The van der Waals surface area contributed by atoms with Crippen LogP contribution in [0.4, 0.5) is 5.69 Å². The van der Waals surface area contributed by atoms with Crippen LogP contribution >= 0.6 is 0 Å². The molecule has 0 unspecified atom stereocenters. The van der Waals surface area contributed by atoms with Crippen molar-refractivity contribution in [1.82, 2.24) is 0 Å². The van der Waals surface area contributed by atoms with E-state index in [0.717, 1.165) is 6.08 Å². The number of anilines is 1. The summed E-state index contributed by atoms with van der Waals surface area (Å²) in [6.07, 6.45) is 2.30. The Labute approximate surface area is 92.0 Å². The minimum atomic E-state index is -1.08. The van der Waals surface area contributed by atoms with Gasteiger partial charge in [0.05, 0.1) is 5.69 Å². The van der Waals surface area contributed by atoms with Crippen LogP contribution in [0.5, 0.6) is 5.75 Å². The molecular formula is C11H11NO4.